The molecule has 7 nitrogen and oxygen atoms in total. The van der Waals surface area contributed by atoms with Crippen molar-refractivity contribution in [2.45, 2.75) is 29.6 Å². The molecule has 1 aliphatic carbocycles. The second-order valence-electron chi connectivity index (χ2n) is 7.56. The van der Waals surface area contributed by atoms with E-state index in [-0.39, 0.29) is 14.1 Å². The molecule has 14 heteroatoms. The Labute approximate surface area is 206 Å². The summed E-state index contributed by atoms with van der Waals surface area (Å²) in [5.41, 5.74) is 0.841. The molecule has 0 aliphatic heterocycles. The summed E-state index contributed by atoms with van der Waals surface area (Å²) in [6.45, 7) is -0.598. The number of allylic oxidation sites excluding steroid dienone is 1. The number of nitrogens with one attached hydrogen (secondary N) is 2. The van der Waals surface area contributed by atoms with Gasteiger partial charge in [-0.25, -0.2) is 27.0 Å². The normalized spacial score (nSPS) is 15.5. The third kappa shape index (κ3) is 5.52. The Morgan fingerprint density at radius 1 is 1.14 bits per heavy atom. The molecule has 1 aromatic carbocycles. The number of hydrogen-bond donors (Lipinski definition) is 2. The number of rotatable bonds is 5. The van der Waals surface area contributed by atoms with Crippen LogP contribution >= 0.6 is 22.9 Å². The van der Waals surface area contributed by atoms with Crippen molar-refractivity contribution in [3.8, 4) is 5.69 Å². The van der Waals surface area contributed by atoms with Crippen molar-refractivity contribution >= 4 is 44.6 Å². The SMILES string of the molecule is O=C(NC/C(F)=C1\CCCc2cnn(-c3ccc(C(F)(F)F)cc3)c21)NS(=O)(=O)c1ccc(Cl)s1. The summed E-state index contributed by atoms with van der Waals surface area (Å²) in [4.78, 5) is 12.1. The topological polar surface area (TPSA) is 93.1 Å². The first-order valence-electron chi connectivity index (χ1n) is 10.1. The lowest BCUT2D eigenvalue weighted by Gasteiger charge is -2.19. The number of amides is 2. The molecule has 0 radical (unpaired) electrons. The van der Waals surface area contributed by atoms with Crippen LogP contribution in [-0.2, 0) is 22.6 Å². The van der Waals surface area contributed by atoms with E-state index in [9.17, 15) is 26.4 Å². The summed E-state index contributed by atoms with van der Waals surface area (Å²) < 4.78 is 81.5. The number of carbonyl (C=O) groups excluding carboxylic acids is 1. The van der Waals surface area contributed by atoms with Gasteiger partial charge in [0.05, 0.1) is 34.0 Å². The van der Waals surface area contributed by atoms with Crippen LogP contribution in [-0.4, -0.2) is 30.8 Å². The Kier molecular flexibility index (Phi) is 6.93. The van der Waals surface area contributed by atoms with Crippen LogP contribution in [0.5, 0.6) is 0 Å². The summed E-state index contributed by atoms with van der Waals surface area (Å²) >= 11 is 6.48. The number of aromatic nitrogens is 2. The van der Waals surface area contributed by atoms with E-state index in [4.69, 9.17) is 11.6 Å². The number of benzene rings is 1. The van der Waals surface area contributed by atoms with Crippen LogP contribution < -0.4 is 10.0 Å². The third-order valence-electron chi connectivity index (χ3n) is 5.22. The minimum Gasteiger partial charge on any atom is -0.331 e. The monoisotopic (exact) mass is 548 g/mol. The van der Waals surface area contributed by atoms with E-state index in [1.807, 2.05) is 0 Å². The highest BCUT2D eigenvalue weighted by Gasteiger charge is 2.30. The zero-order valence-electron chi connectivity index (χ0n) is 17.7. The predicted molar refractivity (Wildman–Crippen MR) is 123 cm³/mol. The third-order valence-corrected chi connectivity index (χ3v) is 8.27. The zero-order valence-corrected chi connectivity index (χ0v) is 20.1. The van der Waals surface area contributed by atoms with Crippen molar-refractivity contribution in [3.63, 3.8) is 0 Å². The van der Waals surface area contributed by atoms with Crippen LogP contribution in [0, 0.1) is 0 Å². The lowest BCUT2D eigenvalue weighted by Crippen LogP contribution is -2.39. The summed E-state index contributed by atoms with van der Waals surface area (Å²) in [6.07, 6.45) is -1.45. The second kappa shape index (κ2) is 9.63. The highest BCUT2D eigenvalue weighted by atomic mass is 35.5. The van der Waals surface area contributed by atoms with Gasteiger partial charge in [0.25, 0.3) is 10.0 Å². The van der Waals surface area contributed by atoms with Crippen molar-refractivity contribution in [3.05, 3.63) is 69.6 Å². The molecule has 0 saturated carbocycles. The number of alkyl halides is 3. The largest absolute Gasteiger partial charge is 0.416 e. The lowest BCUT2D eigenvalue weighted by molar-refractivity contribution is -0.137. The first-order valence-corrected chi connectivity index (χ1v) is 12.8. The minimum absolute atomic E-state index is 0.172. The number of halogens is 5. The van der Waals surface area contributed by atoms with Crippen molar-refractivity contribution in [2.24, 2.45) is 0 Å². The zero-order chi connectivity index (χ0) is 25.4. The maximum absolute atomic E-state index is 15.2. The molecular formula is C21H17ClF4N4O3S2. The molecule has 2 heterocycles. The first-order chi connectivity index (χ1) is 16.5. The molecule has 2 aromatic heterocycles. The minimum atomic E-state index is -4.49. The Bertz CT molecular complexity index is 1400. The Hall–Kier alpha value is -2.90. The number of hydrogen-bond acceptors (Lipinski definition) is 5. The van der Waals surface area contributed by atoms with Crippen LogP contribution in [0.1, 0.15) is 29.7 Å². The molecule has 3 aromatic rings. The molecular weight excluding hydrogens is 532 g/mol. The average Bonchev–Trinajstić information content (AvgIpc) is 3.43. The highest BCUT2D eigenvalue weighted by Crippen LogP contribution is 2.36. The molecule has 0 unspecified atom stereocenters. The number of carbonyl (C=O) groups is 1. The average molecular weight is 549 g/mol. The quantitative estimate of drug-likeness (QED) is 0.423. The van der Waals surface area contributed by atoms with E-state index >= 15 is 4.39 Å². The molecule has 0 bridgehead atoms. The molecule has 0 spiro atoms. The van der Waals surface area contributed by atoms with Gasteiger partial charge in [0.1, 0.15) is 10.0 Å². The molecule has 0 atom stereocenters. The van der Waals surface area contributed by atoms with Crippen LogP contribution in [0.15, 0.2) is 52.6 Å². The van der Waals surface area contributed by atoms with Gasteiger partial charge in [0.2, 0.25) is 0 Å². The Balaban J connectivity index is 1.53. The summed E-state index contributed by atoms with van der Waals surface area (Å²) in [6, 6.07) is 5.79. The van der Waals surface area contributed by atoms with Gasteiger partial charge >= 0.3 is 12.2 Å². The smallest absolute Gasteiger partial charge is 0.331 e. The molecule has 4 rings (SSSR count). The molecule has 0 fully saturated rings. The highest BCUT2D eigenvalue weighted by molar-refractivity contribution is 7.92. The fourth-order valence-electron chi connectivity index (χ4n) is 3.63. The van der Waals surface area contributed by atoms with Crippen molar-refractivity contribution in [1.29, 1.82) is 0 Å². The van der Waals surface area contributed by atoms with Crippen molar-refractivity contribution in [2.75, 3.05) is 6.54 Å². The summed E-state index contributed by atoms with van der Waals surface area (Å²) in [5.74, 6) is -0.716. The lowest BCUT2D eigenvalue weighted by atomic mass is 9.92. The van der Waals surface area contributed by atoms with Crippen LogP contribution in [0.4, 0.5) is 22.4 Å². The molecule has 186 valence electrons. The first kappa shape index (κ1) is 25.2. The number of urea groups is 1. The Morgan fingerprint density at radius 3 is 2.49 bits per heavy atom. The van der Waals surface area contributed by atoms with Gasteiger partial charge in [0, 0.05) is 5.57 Å². The van der Waals surface area contributed by atoms with Crippen LogP contribution in [0.3, 0.4) is 0 Å². The number of fused-ring (bicyclic) bond motifs is 1. The molecule has 35 heavy (non-hydrogen) atoms. The number of sulfonamides is 1. The maximum atomic E-state index is 15.2. The van der Waals surface area contributed by atoms with E-state index in [1.54, 1.807) is 4.72 Å². The van der Waals surface area contributed by atoms with Crippen molar-refractivity contribution in [1.82, 2.24) is 19.8 Å². The van der Waals surface area contributed by atoms with Crippen LogP contribution in [0.2, 0.25) is 4.34 Å². The van der Waals surface area contributed by atoms with Crippen LogP contribution in [0.25, 0.3) is 11.3 Å². The standard InChI is InChI=1S/C21H17ClF4N4O3S2/c22-17-8-9-18(34-17)35(32,33)29-20(31)27-11-16(23)15-3-1-2-12-10-28-30(19(12)15)14-6-4-13(5-7-14)21(24,25)26/h4-10H,1-3,11H2,(H2,27,29,31)/b16-15-. The van der Waals surface area contributed by atoms with Gasteiger partial charge in [-0.05, 0) is 61.2 Å². The predicted octanol–water partition coefficient (Wildman–Crippen LogP) is 5.31. The molecule has 2 N–H and O–H groups in total. The van der Waals surface area contributed by atoms with Crippen molar-refractivity contribution < 1.29 is 30.8 Å². The van der Waals surface area contributed by atoms with Gasteiger partial charge in [-0.2, -0.15) is 18.3 Å². The van der Waals surface area contributed by atoms with E-state index < -0.39 is 40.2 Å². The van der Waals surface area contributed by atoms with Gasteiger partial charge in [0.15, 0.2) is 0 Å². The fraction of sp³-hybridized carbons (Fsp3) is 0.238. The maximum Gasteiger partial charge on any atom is 0.416 e. The molecule has 0 saturated heterocycles. The van der Waals surface area contributed by atoms with E-state index in [2.05, 4.69) is 10.4 Å². The van der Waals surface area contributed by atoms with E-state index in [0.29, 0.717) is 36.2 Å². The fourth-order valence-corrected chi connectivity index (χ4v) is 6.04. The van der Waals surface area contributed by atoms with E-state index in [0.717, 1.165) is 23.5 Å². The number of thiophene rings is 1. The molecule has 2 amide bonds. The molecule has 1 aliphatic rings. The van der Waals surface area contributed by atoms with Gasteiger partial charge in [-0.1, -0.05) is 11.6 Å². The van der Waals surface area contributed by atoms with Gasteiger partial charge in [-0.15, -0.1) is 11.3 Å². The Morgan fingerprint density at radius 2 is 1.86 bits per heavy atom. The summed E-state index contributed by atoms with van der Waals surface area (Å²) in [7, 11) is -4.17. The number of nitrogens with zero attached hydrogens (tertiary/aromatic N) is 2. The van der Waals surface area contributed by atoms with Gasteiger partial charge in [-0.3, -0.25) is 0 Å². The van der Waals surface area contributed by atoms with E-state index in [1.165, 1.54) is 35.1 Å². The van der Waals surface area contributed by atoms with Gasteiger partial charge < -0.3 is 5.32 Å². The second-order valence-corrected chi connectivity index (χ2v) is 11.2. The summed E-state index contributed by atoms with van der Waals surface area (Å²) in [5, 5.41) is 6.39. The number of aryl methyl sites for hydroxylation is 1.